The van der Waals surface area contributed by atoms with E-state index in [2.05, 4.69) is 4.89 Å². The first kappa shape index (κ1) is 10.4. The van der Waals surface area contributed by atoms with Crippen molar-refractivity contribution < 1.29 is 14.6 Å². The largest absolute Gasteiger partial charge is 0.342 e. The molecule has 0 aromatic carbocycles. The second-order valence-electron chi connectivity index (χ2n) is 2.34. The Bertz CT molecular complexity index is 108. The van der Waals surface area contributed by atoms with E-state index in [0.717, 1.165) is 12.8 Å². The normalized spacial score (nSPS) is 10.2. The second kappa shape index (κ2) is 6.16. The SMILES string of the molecule is CCC(=O)OOC(CC)CC. The van der Waals surface area contributed by atoms with Crippen LogP contribution >= 0.6 is 0 Å². The van der Waals surface area contributed by atoms with Gasteiger partial charge in [-0.3, -0.25) is 4.89 Å². The minimum Gasteiger partial charge on any atom is -0.298 e. The fourth-order valence-corrected chi connectivity index (χ4v) is 0.605. The lowest BCUT2D eigenvalue weighted by atomic mass is 10.2. The molecule has 0 aliphatic carbocycles. The summed E-state index contributed by atoms with van der Waals surface area (Å²) in [6.45, 7) is 5.72. The summed E-state index contributed by atoms with van der Waals surface area (Å²) in [6.07, 6.45) is 2.15. The van der Waals surface area contributed by atoms with Crippen LogP contribution in [0, 0.1) is 0 Å². The number of hydrogen-bond donors (Lipinski definition) is 0. The average molecular weight is 160 g/mol. The number of hydrogen-bond acceptors (Lipinski definition) is 3. The van der Waals surface area contributed by atoms with Crippen LogP contribution in [0.1, 0.15) is 40.0 Å². The molecule has 0 spiro atoms. The van der Waals surface area contributed by atoms with Crippen molar-refractivity contribution in [1.29, 1.82) is 0 Å². The first-order valence-corrected chi connectivity index (χ1v) is 4.10. The fourth-order valence-electron chi connectivity index (χ4n) is 0.605. The van der Waals surface area contributed by atoms with Crippen LogP contribution in [0.25, 0.3) is 0 Å². The monoisotopic (exact) mass is 160 g/mol. The van der Waals surface area contributed by atoms with Crippen molar-refractivity contribution in [3.63, 3.8) is 0 Å². The van der Waals surface area contributed by atoms with Crippen LogP contribution < -0.4 is 0 Å². The molecule has 66 valence electrons. The number of carbonyl (C=O) groups is 1. The lowest BCUT2D eigenvalue weighted by Crippen LogP contribution is -2.14. The molecule has 0 aliphatic rings. The summed E-state index contributed by atoms with van der Waals surface area (Å²) in [4.78, 5) is 19.9. The van der Waals surface area contributed by atoms with Gasteiger partial charge in [-0.05, 0) is 12.8 Å². The smallest absolute Gasteiger partial charge is 0.298 e. The molecule has 0 bridgehead atoms. The Kier molecular flexibility index (Phi) is 5.84. The van der Waals surface area contributed by atoms with E-state index in [1.165, 1.54) is 0 Å². The molecule has 0 atom stereocenters. The highest BCUT2D eigenvalue weighted by molar-refractivity contribution is 5.68. The summed E-state index contributed by atoms with van der Waals surface area (Å²) in [5.74, 6) is -0.308. The lowest BCUT2D eigenvalue weighted by Gasteiger charge is -2.10. The third-order valence-electron chi connectivity index (χ3n) is 1.48. The molecule has 0 saturated heterocycles. The fraction of sp³-hybridized carbons (Fsp3) is 0.875. The summed E-state index contributed by atoms with van der Waals surface area (Å²) in [6, 6.07) is 0. The van der Waals surface area contributed by atoms with Gasteiger partial charge in [-0.25, -0.2) is 4.79 Å². The van der Waals surface area contributed by atoms with Crippen LogP contribution in [-0.4, -0.2) is 12.1 Å². The molecule has 0 fully saturated rings. The molecule has 3 nitrogen and oxygen atoms in total. The van der Waals surface area contributed by atoms with Crippen molar-refractivity contribution >= 4 is 5.97 Å². The molecule has 0 rings (SSSR count). The predicted molar refractivity (Wildman–Crippen MR) is 41.8 cm³/mol. The molecule has 0 amide bonds. The standard InChI is InChI=1S/C8H16O3/c1-4-7(5-2)10-11-8(9)6-3/h7H,4-6H2,1-3H3. The highest BCUT2D eigenvalue weighted by atomic mass is 17.2. The molecule has 0 unspecified atom stereocenters. The van der Waals surface area contributed by atoms with Crippen LogP contribution in [0.3, 0.4) is 0 Å². The maximum atomic E-state index is 10.6. The van der Waals surface area contributed by atoms with E-state index in [9.17, 15) is 4.79 Å². The molecule has 0 aromatic heterocycles. The molecule has 0 aliphatic heterocycles. The maximum absolute atomic E-state index is 10.6. The molecular weight excluding hydrogens is 144 g/mol. The van der Waals surface area contributed by atoms with E-state index < -0.39 is 0 Å². The van der Waals surface area contributed by atoms with Crippen LogP contribution in [0.2, 0.25) is 0 Å². The topological polar surface area (TPSA) is 35.5 Å². The van der Waals surface area contributed by atoms with Gasteiger partial charge in [-0.2, -0.15) is 4.89 Å². The Morgan fingerprint density at radius 3 is 2.18 bits per heavy atom. The van der Waals surface area contributed by atoms with Gasteiger partial charge >= 0.3 is 5.97 Å². The van der Waals surface area contributed by atoms with E-state index in [1.54, 1.807) is 6.92 Å². The summed E-state index contributed by atoms with van der Waals surface area (Å²) >= 11 is 0. The Hall–Kier alpha value is -0.570. The van der Waals surface area contributed by atoms with Gasteiger partial charge in [-0.1, -0.05) is 20.8 Å². The average Bonchev–Trinajstić information content (AvgIpc) is 2.06. The van der Waals surface area contributed by atoms with E-state index >= 15 is 0 Å². The van der Waals surface area contributed by atoms with Crippen molar-refractivity contribution in [2.75, 3.05) is 0 Å². The zero-order chi connectivity index (χ0) is 8.69. The van der Waals surface area contributed by atoms with E-state index in [1.807, 2.05) is 13.8 Å². The maximum Gasteiger partial charge on any atom is 0.342 e. The second-order valence-corrected chi connectivity index (χ2v) is 2.34. The Labute approximate surface area is 67.6 Å². The zero-order valence-corrected chi connectivity index (χ0v) is 7.42. The molecule has 0 radical (unpaired) electrons. The van der Waals surface area contributed by atoms with Crippen LogP contribution in [0.4, 0.5) is 0 Å². The lowest BCUT2D eigenvalue weighted by molar-refractivity contribution is -0.298. The van der Waals surface area contributed by atoms with E-state index in [0.29, 0.717) is 6.42 Å². The molecule has 0 saturated carbocycles. The molecule has 0 aromatic rings. The van der Waals surface area contributed by atoms with Gasteiger partial charge < -0.3 is 0 Å². The van der Waals surface area contributed by atoms with Gasteiger partial charge in [0.2, 0.25) is 0 Å². The van der Waals surface area contributed by atoms with E-state index in [4.69, 9.17) is 4.89 Å². The molecule has 0 heterocycles. The summed E-state index contributed by atoms with van der Waals surface area (Å²) < 4.78 is 0. The van der Waals surface area contributed by atoms with Crippen molar-refractivity contribution in [2.24, 2.45) is 0 Å². The molecule has 0 N–H and O–H groups in total. The number of rotatable bonds is 5. The van der Waals surface area contributed by atoms with Gasteiger partial charge in [-0.15, -0.1) is 0 Å². The van der Waals surface area contributed by atoms with Crippen LogP contribution in [-0.2, 0) is 14.6 Å². The van der Waals surface area contributed by atoms with Crippen LogP contribution in [0.5, 0.6) is 0 Å². The first-order chi connectivity index (χ1) is 5.24. The molecule has 11 heavy (non-hydrogen) atoms. The Balaban J connectivity index is 3.42. The summed E-state index contributed by atoms with van der Waals surface area (Å²) in [5, 5.41) is 0. The highest BCUT2D eigenvalue weighted by Gasteiger charge is 2.07. The van der Waals surface area contributed by atoms with Gasteiger partial charge in [0, 0.05) is 6.42 Å². The third kappa shape index (κ3) is 4.79. The minimum atomic E-state index is -0.308. The van der Waals surface area contributed by atoms with Crippen molar-refractivity contribution in [1.82, 2.24) is 0 Å². The number of carbonyl (C=O) groups excluding carboxylic acids is 1. The highest BCUT2D eigenvalue weighted by Crippen LogP contribution is 2.03. The van der Waals surface area contributed by atoms with Gasteiger partial charge in [0.25, 0.3) is 0 Å². The molecule has 3 heteroatoms. The summed E-state index contributed by atoms with van der Waals surface area (Å²) in [7, 11) is 0. The van der Waals surface area contributed by atoms with Crippen LogP contribution in [0.15, 0.2) is 0 Å². The van der Waals surface area contributed by atoms with Gasteiger partial charge in [0.15, 0.2) is 0 Å². The Morgan fingerprint density at radius 1 is 1.27 bits per heavy atom. The quantitative estimate of drug-likeness (QED) is 0.456. The predicted octanol–water partition coefficient (Wildman–Crippen LogP) is 2.06. The third-order valence-corrected chi connectivity index (χ3v) is 1.48. The molecular formula is C8H16O3. The van der Waals surface area contributed by atoms with Gasteiger partial charge in [0.05, 0.1) is 0 Å². The Morgan fingerprint density at radius 2 is 1.82 bits per heavy atom. The summed E-state index contributed by atoms with van der Waals surface area (Å²) in [5.41, 5.74) is 0. The minimum absolute atomic E-state index is 0.0468. The van der Waals surface area contributed by atoms with Crippen molar-refractivity contribution in [2.45, 2.75) is 46.1 Å². The zero-order valence-electron chi connectivity index (χ0n) is 7.42. The van der Waals surface area contributed by atoms with E-state index in [-0.39, 0.29) is 12.1 Å². The van der Waals surface area contributed by atoms with Crippen molar-refractivity contribution in [3.05, 3.63) is 0 Å². The van der Waals surface area contributed by atoms with Crippen molar-refractivity contribution in [3.8, 4) is 0 Å². The first-order valence-electron chi connectivity index (χ1n) is 4.10. The van der Waals surface area contributed by atoms with Gasteiger partial charge in [0.1, 0.15) is 6.10 Å².